The molecular weight excluding hydrogens is 148 g/mol. The molecule has 3 nitrogen and oxygen atoms in total. The Bertz CT molecular complexity index is 338. The zero-order valence-electron chi connectivity index (χ0n) is 5.19. The highest BCUT2D eigenvalue weighted by molar-refractivity contribution is 7.15. The first-order valence-corrected chi connectivity index (χ1v) is 3.80. The topological polar surface area (TPSA) is 37.5 Å². The molecule has 0 aliphatic rings. The van der Waals surface area contributed by atoms with Crippen LogP contribution in [0.25, 0.3) is 4.96 Å². The van der Waals surface area contributed by atoms with Gasteiger partial charge in [0.1, 0.15) is 0 Å². The van der Waals surface area contributed by atoms with Gasteiger partial charge in [-0.1, -0.05) is 0 Å². The first kappa shape index (κ1) is 5.88. The van der Waals surface area contributed by atoms with Crippen LogP contribution < -0.4 is 0 Å². The van der Waals surface area contributed by atoms with Crippen molar-refractivity contribution in [2.75, 3.05) is 0 Å². The van der Waals surface area contributed by atoms with Gasteiger partial charge >= 0.3 is 0 Å². The molecule has 0 saturated heterocycles. The Hall–Kier alpha value is -0.870. The van der Waals surface area contributed by atoms with Crippen molar-refractivity contribution in [2.24, 2.45) is 0 Å². The Labute approximate surface area is 61.6 Å². The molecule has 0 bridgehead atoms. The molecule has 52 valence electrons. The third kappa shape index (κ3) is 0.661. The lowest BCUT2D eigenvalue weighted by atomic mass is 10.5. The zero-order chi connectivity index (χ0) is 6.97. The van der Waals surface area contributed by atoms with Crippen molar-refractivity contribution in [1.29, 1.82) is 0 Å². The van der Waals surface area contributed by atoms with Crippen LogP contribution in [-0.4, -0.2) is 14.5 Å². The van der Waals surface area contributed by atoms with Gasteiger partial charge < -0.3 is 5.11 Å². The van der Waals surface area contributed by atoms with Gasteiger partial charge in [-0.05, 0) is 0 Å². The van der Waals surface area contributed by atoms with Crippen molar-refractivity contribution in [2.45, 2.75) is 6.61 Å². The molecule has 0 aliphatic carbocycles. The Kier molecular flexibility index (Phi) is 1.22. The molecule has 0 atom stereocenters. The number of aliphatic hydroxyl groups is 1. The van der Waals surface area contributed by atoms with Crippen LogP contribution in [0.5, 0.6) is 0 Å². The molecule has 2 heterocycles. The van der Waals surface area contributed by atoms with Crippen molar-refractivity contribution in [3.8, 4) is 0 Å². The summed E-state index contributed by atoms with van der Waals surface area (Å²) in [5.41, 5.74) is 0.900. The number of nitrogens with zero attached hydrogens (tertiary/aromatic N) is 2. The maximum Gasteiger partial charge on any atom is 0.193 e. The van der Waals surface area contributed by atoms with Gasteiger partial charge in [0.2, 0.25) is 0 Å². The molecule has 1 N–H and O–H groups in total. The van der Waals surface area contributed by atoms with Gasteiger partial charge in [-0.15, -0.1) is 11.3 Å². The smallest absolute Gasteiger partial charge is 0.193 e. The molecule has 0 aliphatic heterocycles. The molecule has 0 unspecified atom stereocenters. The number of aliphatic hydroxyl groups excluding tert-OH is 1. The van der Waals surface area contributed by atoms with Crippen LogP contribution >= 0.6 is 11.3 Å². The summed E-state index contributed by atoms with van der Waals surface area (Å²) in [4.78, 5) is 4.99. The van der Waals surface area contributed by atoms with E-state index in [-0.39, 0.29) is 6.61 Å². The molecule has 4 heteroatoms. The fraction of sp³-hybridized carbons (Fsp3) is 0.167. The number of thiazole rings is 1. The monoisotopic (exact) mass is 154 g/mol. The van der Waals surface area contributed by atoms with Crippen LogP contribution in [0.1, 0.15) is 5.69 Å². The summed E-state index contributed by atoms with van der Waals surface area (Å²) < 4.78 is 1.88. The van der Waals surface area contributed by atoms with Crippen LogP contribution in [0.2, 0.25) is 0 Å². The Morgan fingerprint density at radius 1 is 1.70 bits per heavy atom. The van der Waals surface area contributed by atoms with Gasteiger partial charge in [0, 0.05) is 17.8 Å². The molecule has 0 amide bonds. The standard InChI is InChI=1S/C6H6N2OS/c9-3-5-4-10-6-7-1-2-8(5)6/h1-2,4,9H,3H2. The third-order valence-corrected chi connectivity index (χ3v) is 2.28. The van der Waals surface area contributed by atoms with Gasteiger partial charge in [0.25, 0.3) is 0 Å². The lowest BCUT2D eigenvalue weighted by Gasteiger charge is -1.88. The van der Waals surface area contributed by atoms with E-state index in [2.05, 4.69) is 4.98 Å². The van der Waals surface area contributed by atoms with Crippen molar-refractivity contribution in [3.05, 3.63) is 23.5 Å². The van der Waals surface area contributed by atoms with Gasteiger partial charge in [-0.3, -0.25) is 4.40 Å². The molecule has 0 radical (unpaired) electrons. The fourth-order valence-corrected chi connectivity index (χ4v) is 1.73. The summed E-state index contributed by atoms with van der Waals surface area (Å²) in [5, 5.41) is 10.7. The van der Waals surface area contributed by atoms with E-state index >= 15 is 0 Å². The minimum Gasteiger partial charge on any atom is -0.390 e. The Morgan fingerprint density at radius 2 is 2.60 bits per heavy atom. The molecule has 10 heavy (non-hydrogen) atoms. The minimum atomic E-state index is 0.0797. The van der Waals surface area contributed by atoms with Gasteiger partial charge in [0.05, 0.1) is 12.3 Å². The van der Waals surface area contributed by atoms with E-state index in [9.17, 15) is 0 Å². The minimum absolute atomic E-state index is 0.0797. The predicted octanol–water partition coefficient (Wildman–Crippen LogP) is 0.888. The van der Waals surface area contributed by atoms with Gasteiger partial charge in [0.15, 0.2) is 4.96 Å². The van der Waals surface area contributed by atoms with E-state index in [1.807, 2.05) is 16.0 Å². The highest BCUT2D eigenvalue weighted by atomic mass is 32.1. The zero-order valence-corrected chi connectivity index (χ0v) is 6.01. The lowest BCUT2D eigenvalue weighted by Crippen LogP contribution is -1.86. The molecule has 2 aromatic heterocycles. The SMILES string of the molecule is OCc1csc2nccn12. The van der Waals surface area contributed by atoms with Crippen LogP contribution in [-0.2, 0) is 6.61 Å². The number of aromatic nitrogens is 2. The van der Waals surface area contributed by atoms with E-state index in [0.717, 1.165) is 10.7 Å². The number of fused-ring (bicyclic) bond motifs is 1. The van der Waals surface area contributed by atoms with Crippen LogP contribution in [0.3, 0.4) is 0 Å². The first-order chi connectivity index (χ1) is 4.92. The van der Waals surface area contributed by atoms with Crippen LogP contribution in [0, 0.1) is 0 Å². The number of imidazole rings is 1. The van der Waals surface area contributed by atoms with Crippen molar-refractivity contribution in [3.63, 3.8) is 0 Å². The molecule has 0 spiro atoms. The van der Waals surface area contributed by atoms with Crippen molar-refractivity contribution < 1.29 is 5.11 Å². The maximum absolute atomic E-state index is 8.80. The molecule has 0 aromatic carbocycles. The largest absolute Gasteiger partial charge is 0.390 e. The first-order valence-electron chi connectivity index (χ1n) is 2.92. The summed E-state index contributed by atoms with van der Waals surface area (Å²) in [6.45, 7) is 0.0797. The molecular formula is C6H6N2OS. The second-order valence-electron chi connectivity index (χ2n) is 1.96. The predicted molar refractivity (Wildman–Crippen MR) is 39.0 cm³/mol. The molecule has 0 saturated carbocycles. The normalized spacial score (nSPS) is 10.9. The lowest BCUT2D eigenvalue weighted by molar-refractivity contribution is 0.276. The van der Waals surface area contributed by atoms with Crippen molar-refractivity contribution in [1.82, 2.24) is 9.38 Å². The van der Waals surface area contributed by atoms with E-state index in [0.29, 0.717) is 0 Å². The summed E-state index contributed by atoms with van der Waals surface area (Å²) in [7, 11) is 0. The number of hydrogen-bond donors (Lipinski definition) is 1. The molecule has 0 fully saturated rings. The van der Waals surface area contributed by atoms with Gasteiger partial charge in [-0.25, -0.2) is 4.98 Å². The third-order valence-electron chi connectivity index (χ3n) is 1.38. The highest BCUT2D eigenvalue weighted by Gasteiger charge is 2.00. The van der Waals surface area contributed by atoms with E-state index in [1.54, 1.807) is 6.20 Å². The Morgan fingerprint density at radius 3 is 3.40 bits per heavy atom. The second-order valence-corrected chi connectivity index (χ2v) is 2.80. The number of hydrogen-bond acceptors (Lipinski definition) is 3. The molecule has 2 aromatic rings. The summed E-state index contributed by atoms with van der Waals surface area (Å²) in [5.74, 6) is 0. The summed E-state index contributed by atoms with van der Waals surface area (Å²) in [6.07, 6.45) is 3.57. The Balaban J connectivity index is 2.76. The van der Waals surface area contributed by atoms with E-state index in [1.165, 1.54) is 11.3 Å². The van der Waals surface area contributed by atoms with Crippen LogP contribution in [0.15, 0.2) is 17.8 Å². The maximum atomic E-state index is 8.80. The van der Waals surface area contributed by atoms with Crippen molar-refractivity contribution >= 4 is 16.3 Å². The average Bonchev–Trinajstić information content (AvgIpc) is 2.44. The van der Waals surface area contributed by atoms with Crippen LogP contribution in [0.4, 0.5) is 0 Å². The number of rotatable bonds is 1. The van der Waals surface area contributed by atoms with E-state index < -0.39 is 0 Å². The second kappa shape index (κ2) is 2.07. The quantitative estimate of drug-likeness (QED) is 0.662. The van der Waals surface area contributed by atoms with Gasteiger partial charge in [-0.2, -0.15) is 0 Å². The highest BCUT2D eigenvalue weighted by Crippen LogP contribution is 2.13. The molecule has 2 rings (SSSR count). The summed E-state index contributed by atoms with van der Waals surface area (Å²) in [6, 6.07) is 0. The summed E-state index contributed by atoms with van der Waals surface area (Å²) >= 11 is 1.54. The fourth-order valence-electron chi connectivity index (χ4n) is 0.886. The average molecular weight is 154 g/mol. The van der Waals surface area contributed by atoms with E-state index in [4.69, 9.17) is 5.11 Å².